The van der Waals surface area contributed by atoms with Crippen molar-refractivity contribution < 1.29 is 4.79 Å². The van der Waals surface area contributed by atoms with Gasteiger partial charge in [-0.2, -0.15) is 0 Å². The number of likely N-dealkylation sites (N-methyl/N-ethyl adjacent to an activating group) is 1. The molecule has 3 heterocycles. The van der Waals surface area contributed by atoms with Crippen LogP contribution in [-0.4, -0.2) is 85.3 Å². The van der Waals surface area contributed by atoms with Gasteiger partial charge in [0.2, 0.25) is 5.91 Å². The molecule has 1 amide bonds. The molecule has 0 atom stereocenters. The Bertz CT molecular complexity index is 629. The Kier molecular flexibility index (Phi) is 6.29. The second kappa shape index (κ2) is 9.07. The van der Waals surface area contributed by atoms with E-state index in [1.165, 1.54) is 25.7 Å². The van der Waals surface area contributed by atoms with Crippen molar-refractivity contribution in [3.05, 3.63) is 12.1 Å². The second-order valence-electron chi connectivity index (χ2n) is 8.60. The molecule has 7 heteroatoms. The van der Waals surface area contributed by atoms with Gasteiger partial charge in [-0.1, -0.05) is 25.7 Å². The van der Waals surface area contributed by atoms with Crippen LogP contribution in [0.1, 0.15) is 38.5 Å². The van der Waals surface area contributed by atoms with E-state index in [1.807, 2.05) is 4.90 Å². The van der Waals surface area contributed by atoms with Gasteiger partial charge in [0.15, 0.2) is 11.6 Å². The van der Waals surface area contributed by atoms with Gasteiger partial charge in [0.05, 0.1) is 0 Å². The molecule has 0 aromatic carbocycles. The van der Waals surface area contributed by atoms with Crippen LogP contribution in [0, 0.1) is 5.92 Å². The third kappa shape index (κ3) is 4.74. The Balaban J connectivity index is 1.23. The predicted octanol–water partition coefficient (Wildman–Crippen LogP) is 1.85. The van der Waals surface area contributed by atoms with Crippen molar-refractivity contribution in [2.45, 2.75) is 38.5 Å². The average molecular weight is 387 g/mol. The number of anilines is 2. The molecule has 1 aromatic rings. The lowest BCUT2D eigenvalue weighted by Crippen LogP contribution is -2.49. The molecule has 7 nitrogen and oxygen atoms in total. The van der Waals surface area contributed by atoms with E-state index in [0.717, 1.165) is 82.8 Å². The summed E-state index contributed by atoms with van der Waals surface area (Å²) in [4.78, 5) is 21.4. The monoisotopic (exact) mass is 386 g/mol. The molecule has 2 aliphatic heterocycles. The van der Waals surface area contributed by atoms with Crippen LogP contribution in [0.5, 0.6) is 0 Å². The fourth-order valence-electron chi connectivity index (χ4n) is 4.66. The lowest BCUT2D eigenvalue weighted by atomic mass is 10.0. The summed E-state index contributed by atoms with van der Waals surface area (Å²) >= 11 is 0. The van der Waals surface area contributed by atoms with Crippen LogP contribution in [0.2, 0.25) is 0 Å². The number of carbonyl (C=O) groups excluding carboxylic acids is 1. The van der Waals surface area contributed by atoms with E-state index in [1.54, 1.807) is 0 Å². The summed E-state index contributed by atoms with van der Waals surface area (Å²) in [5.41, 5.74) is 0. The minimum atomic E-state index is 0.336. The van der Waals surface area contributed by atoms with Crippen LogP contribution in [0.25, 0.3) is 0 Å². The van der Waals surface area contributed by atoms with Gasteiger partial charge in [0.25, 0.3) is 0 Å². The molecule has 154 valence electrons. The summed E-state index contributed by atoms with van der Waals surface area (Å²) in [7, 11) is 2.16. The standard InChI is InChI=1S/C21H34N6O/c1-24-10-12-25(13-11-24)19-7-8-20(23-22-19)26-14-16-27(17-15-26)21(28)9-6-18-4-2-3-5-18/h7-8,18H,2-6,9-17H2,1H3. The lowest BCUT2D eigenvalue weighted by Gasteiger charge is -2.36. The number of hydrogen-bond donors (Lipinski definition) is 0. The highest BCUT2D eigenvalue weighted by Crippen LogP contribution is 2.28. The Morgan fingerprint density at radius 3 is 1.96 bits per heavy atom. The first-order chi connectivity index (χ1) is 13.7. The van der Waals surface area contributed by atoms with E-state index in [4.69, 9.17) is 0 Å². The number of hydrogen-bond acceptors (Lipinski definition) is 6. The molecule has 3 aliphatic rings. The molecule has 1 aromatic heterocycles. The van der Waals surface area contributed by atoms with Crippen LogP contribution in [0.15, 0.2) is 12.1 Å². The van der Waals surface area contributed by atoms with Gasteiger partial charge >= 0.3 is 0 Å². The second-order valence-corrected chi connectivity index (χ2v) is 8.60. The summed E-state index contributed by atoms with van der Waals surface area (Å²) in [6.07, 6.45) is 7.16. The van der Waals surface area contributed by atoms with Crippen molar-refractivity contribution in [1.82, 2.24) is 20.0 Å². The highest BCUT2D eigenvalue weighted by Gasteiger charge is 2.24. The zero-order chi connectivity index (χ0) is 19.3. The molecule has 0 radical (unpaired) electrons. The van der Waals surface area contributed by atoms with Gasteiger partial charge in [0.1, 0.15) is 0 Å². The normalized spacial score (nSPS) is 22.1. The summed E-state index contributed by atoms with van der Waals surface area (Å²) in [6, 6.07) is 4.17. The fraction of sp³-hybridized carbons (Fsp3) is 0.762. The highest BCUT2D eigenvalue weighted by molar-refractivity contribution is 5.76. The number of aromatic nitrogens is 2. The zero-order valence-electron chi connectivity index (χ0n) is 17.2. The topological polar surface area (TPSA) is 55.8 Å². The average Bonchev–Trinajstić information content (AvgIpc) is 3.27. The van der Waals surface area contributed by atoms with Gasteiger partial charge in [-0.25, -0.2) is 0 Å². The van der Waals surface area contributed by atoms with Crippen molar-refractivity contribution in [2.24, 2.45) is 5.92 Å². The van der Waals surface area contributed by atoms with Gasteiger partial charge < -0.3 is 19.6 Å². The molecular weight excluding hydrogens is 352 g/mol. The van der Waals surface area contributed by atoms with Crippen LogP contribution in [0.3, 0.4) is 0 Å². The number of carbonyl (C=O) groups is 1. The van der Waals surface area contributed by atoms with E-state index in [2.05, 4.69) is 44.1 Å². The van der Waals surface area contributed by atoms with E-state index >= 15 is 0 Å². The first-order valence-electron chi connectivity index (χ1n) is 11.0. The molecule has 0 N–H and O–H groups in total. The molecular formula is C21H34N6O. The summed E-state index contributed by atoms with van der Waals surface area (Å²) in [6.45, 7) is 7.44. The molecule has 28 heavy (non-hydrogen) atoms. The van der Waals surface area contributed by atoms with E-state index in [9.17, 15) is 4.79 Å². The van der Waals surface area contributed by atoms with Crippen LogP contribution in [0.4, 0.5) is 11.6 Å². The van der Waals surface area contributed by atoms with Crippen molar-refractivity contribution in [3.8, 4) is 0 Å². The molecule has 0 bridgehead atoms. The fourth-order valence-corrected chi connectivity index (χ4v) is 4.66. The maximum atomic E-state index is 12.5. The van der Waals surface area contributed by atoms with Crippen LogP contribution in [-0.2, 0) is 4.79 Å². The zero-order valence-corrected chi connectivity index (χ0v) is 17.2. The van der Waals surface area contributed by atoms with E-state index in [0.29, 0.717) is 5.91 Å². The number of piperazine rings is 2. The number of amides is 1. The molecule has 1 saturated carbocycles. The molecule has 4 rings (SSSR count). The van der Waals surface area contributed by atoms with Gasteiger partial charge in [-0.05, 0) is 31.5 Å². The highest BCUT2D eigenvalue weighted by atomic mass is 16.2. The molecule has 3 fully saturated rings. The Hall–Kier alpha value is -1.89. The minimum absolute atomic E-state index is 0.336. The van der Waals surface area contributed by atoms with Gasteiger partial charge in [-0.3, -0.25) is 4.79 Å². The number of rotatable bonds is 5. The predicted molar refractivity (Wildman–Crippen MR) is 112 cm³/mol. The third-order valence-electron chi connectivity index (χ3n) is 6.66. The Labute approximate surface area is 168 Å². The first kappa shape index (κ1) is 19.4. The van der Waals surface area contributed by atoms with Crippen molar-refractivity contribution in [2.75, 3.05) is 69.2 Å². The largest absolute Gasteiger partial charge is 0.353 e. The molecule has 0 spiro atoms. The Morgan fingerprint density at radius 1 is 0.893 bits per heavy atom. The van der Waals surface area contributed by atoms with Crippen molar-refractivity contribution >= 4 is 17.5 Å². The number of nitrogens with zero attached hydrogens (tertiary/aromatic N) is 6. The summed E-state index contributed by atoms with van der Waals surface area (Å²) < 4.78 is 0. The quantitative estimate of drug-likeness (QED) is 0.770. The first-order valence-corrected chi connectivity index (χ1v) is 11.0. The van der Waals surface area contributed by atoms with Gasteiger partial charge in [-0.15, -0.1) is 10.2 Å². The Morgan fingerprint density at radius 2 is 1.43 bits per heavy atom. The molecule has 1 aliphatic carbocycles. The van der Waals surface area contributed by atoms with Crippen LogP contribution < -0.4 is 9.80 Å². The minimum Gasteiger partial charge on any atom is -0.353 e. The molecule has 2 saturated heterocycles. The van der Waals surface area contributed by atoms with Crippen molar-refractivity contribution in [1.29, 1.82) is 0 Å². The van der Waals surface area contributed by atoms with Crippen molar-refractivity contribution in [3.63, 3.8) is 0 Å². The maximum absolute atomic E-state index is 12.5. The smallest absolute Gasteiger partial charge is 0.222 e. The van der Waals surface area contributed by atoms with Crippen LogP contribution >= 0.6 is 0 Å². The van der Waals surface area contributed by atoms with E-state index in [-0.39, 0.29) is 0 Å². The third-order valence-corrected chi connectivity index (χ3v) is 6.66. The van der Waals surface area contributed by atoms with E-state index < -0.39 is 0 Å². The van der Waals surface area contributed by atoms with Gasteiger partial charge in [0, 0.05) is 58.8 Å². The SMILES string of the molecule is CN1CCN(c2ccc(N3CCN(C(=O)CCC4CCCC4)CC3)nn2)CC1. The summed E-state index contributed by atoms with van der Waals surface area (Å²) in [5, 5.41) is 8.94. The summed E-state index contributed by atoms with van der Waals surface area (Å²) in [5.74, 6) is 3.02. The molecule has 0 unspecified atom stereocenters. The maximum Gasteiger partial charge on any atom is 0.222 e. The lowest BCUT2D eigenvalue weighted by molar-refractivity contribution is -0.131.